The average molecular weight is 652 g/mol. The number of rotatable bonds is 7. The first-order valence-corrected chi connectivity index (χ1v) is 14.6. The zero-order valence-electron chi connectivity index (χ0n) is 23.5. The molecule has 0 saturated carbocycles. The Bertz CT molecular complexity index is 1690. The SMILES string of the molecule is COC(=O)OCOc1c2n(ccc1=O)N([C@@H]1c3ccccc3SCc3c1ccc(F)c3F)[C@@H]1COC(COC(F)F)CN1C2=O. The second kappa shape index (κ2) is 12.6. The Hall–Kier alpha value is -4.28. The van der Waals surface area contributed by atoms with E-state index in [1.54, 1.807) is 17.1 Å². The molecule has 4 heterocycles. The van der Waals surface area contributed by atoms with Crippen LogP contribution in [0.5, 0.6) is 5.75 Å². The van der Waals surface area contributed by atoms with Gasteiger partial charge in [0, 0.05) is 28.5 Å². The highest BCUT2D eigenvalue weighted by molar-refractivity contribution is 7.98. The number of pyridine rings is 1. The average Bonchev–Trinajstić information content (AvgIpc) is 3.20. The number of hydrogen-bond donors (Lipinski definition) is 0. The summed E-state index contributed by atoms with van der Waals surface area (Å²) >= 11 is 1.31. The van der Waals surface area contributed by atoms with Gasteiger partial charge in [0.25, 0.3) is 5.91 Å². The van der Waals surface area contributed by atoms with Crippen LogP contribution in [0.4, 0.5) is 22.4 Å². The quantitative estimate of drug-likeness (QED) is 0.211. The molecule has 3 aliphatic heterocycles. The molecule has 2 aromatic carbocycles. The number of carbonyl (C=O) groups excluding carboxylic acids is 2. The van der Waals surface area contributed by atoms with Crippen LogP contribution < -0.4 is 15.2 Å². The first-order chi connectivity index (χ1) is 21.7. The van der Waals surface area contributed by atoms with Gasteiger partial charge in [-0.1, -0.05) is 24.3 Å². The van der Waals surface area contributed by atoms with Gasteiger partial charge >= 0.3 is 12.8 Å². The van der Waals surface area contributed by atoms with E-state index in [1.807, 2.05) is 12.1 Å². The summed E-state index contributed by atoms with van der Waals surface area (Å²) in [5.74, 6) is -3.12. The van der Waals surface area contributed by atoms with Crippen LogP contribution in [0.1, 0.15) is 33.2 Å². The fourth-order valence-electron chi connectivity index (χ4n) is 5.68. The largest absolute Gasteiger partial charge is 0.510 e. The Morgan fingerprint density at radius 2 is 1.91 bits per heavy atom. The Balaban J connectivity index is 1.54. The van der Waals surface area contributed by atoms with Crippen molar-refractivity contribution >= 4 is 23.8 Å². The van der Waals surface area contributed by atoms with E-state index >= 15 is 4.39 Å². The number of aromatic nitrogens is 1. The minimum atomic E-state index is -3.07. The monoisotopic (exact) mass is 651 g/mol. The summed E-state index contributed by atoms with van der Waals surface area (Å²) < 4.78 is 82.0. The fraction of sp³-hybridized carbons (Fsp3) is 0.345. The number of halogens is 4. The Kier molecular flexibility index (Phi) is 8.61. The van der Waals surface area contributed by atoms with Crippen LogP contribution in [0.3, 0.4) is 0 Å². The maximum Gasteiger partial charge on any atom is 0.510 e. The third-order valence-corrected chi connectivity index (χ3v) is 8.74. The lowest BCUT2D eigenvalue weighted by Crippen LogP contribution is -2.68. The third-order valence-electron chi connectivity index (χ3n) is 7.63. The molecule has 3 aromatic rings. The van der Waals surface area contributed by atoms with E-state index in [0.29, 0.717) is 11.1 Å². The standard InChI is InChI=1S/C29H25F4N3O8S/c1-40-29(39)44-14-43-26-20(37)8-9-35-25(26)27(38)34-10-15(11-42-28(32)33)41-12-22(34)36(35)24-16-6-7-19(30)23(31)18(16)13-45-21-5-3-2-4-17(21)24/h2-9,15,22,24,28H,10-14H2,1H3/t15?,22-,24+/m1/s1. The van der Waals surface area contributed by atoms with Crippen LogP contribution in [0.25, 0.3) is 0 Å². The van der Waals surface area contributed by atoms with Crippen molar-refractivity contribution in [1.29, 1.82) is 0 Å². The molecule has 45 heavy (non-hydrogen) atoms. The third kappa shape index (κ3) is 5.68. The lowest BCUT2D eigenvalue weighted by atomic mass is 9.93. The van der Waals surface area contributed by atoms with Crippen LogP contribution in [0, 0.1) is 11.6 Å². The van der Waals surface area contributed by atoms with Crippen molar-refractivity contribution in [2.75, 3.05) is 38.7 Å². The Morgan fingerprint density at radius 3 is 2.69 bits per heavy atom. The predicted octanol–water partition coefficient (Wildman–Crippen LogP) is 4.00. The highest BCUT2D eigenvalue weighted by atomic mass is 32.2. The minimum absolute atomic E-state index is 0.105. The lowest BCUT2D eigenvalue weighted by molar-refractivity contribution is -0.169. The summed E-state index contributed by atoms with van der Waals surface area (Å²) in [7, 11) is 1.07. The van der Waals surface area contributed by atoms with Gasteiger partial charge in [-0.3, -0.25) is 19.3 Å². The smallest absolute Gasteiger partial charge is 0.451 e. The molecule has 16 heteroatoms. The number of methoxy groups -OCH3 is 1. The van der Waals surface area contributed by atoms with Crippen molar-refractivity contribution < 1.29 is 50.8 Å². The molecule has 0 aliphatic carbocycles. The van der Waals surface area contributed by atoms with Crippen molar-refractivity contribution in [3.8, 4) is 5.75 Å². The molecule has 3 atom stereocenters. The van der Waals surface area contributed by atoms with E-state index < -0.39 is 73.2 Å². The van der Waals surface area contributed by atoms with Gasteiger partial charge in [-0.05, 0) is 23.3 Å². The Labute approximate surface area is 257 Å². The van der Waals surface area contributed by atoms with E-state index in [4.69, 9.17) is 14.2 Å². The van der Waals surface area contributed by atoms with Gasteiger partial charge in [0.05, 0.1) is 39.0 Å². The van der Waals surface area contributed by atoms with Gasteiger partial charge in [0.2, 0.25) is 18.0 Å². The number of amides is 1. The molecule has 0 radical (unpaired) electrons. The van der Waals surface area contributed by atoms with Gasteiger partial charge in [-0.15, -0.1) is 11.8 Å². The predicted molar refractivity (Wildman–Crippen MR) is 149 cm³/mol. The fourth-order valence-corrected chi connectivity index (χ4v) is 6.80. The molecule has 238 valence electrons. The Morgan fingerprint density at radius 1 is 1.11 bits per heavy atom. The number of benzene rings is 2. The second-order valence-corrected chi connectivity index (χ2v) is 11.1. The maximum atomic E-state index is 15.4. The van der Waals surface area contributed by atoms with Crippen molar-refractivity contribution in [1.82, 2.24) is 9.58 Å². The lowest BCUT2D eigenvalue weighted by Gasteiger charge is -2.52. The molecule has 1 aromatic heterocycles. The molecular formula is C29H25F4N3O8S. The molecule has 3 aliphatic rings. The molecule has 0 spiro atoms. The minimum Gasteiger partial charge on any atom is -0.451 e. The molecule has 0 bridgehead atoms. The molecule has 11 nitrogen and oxygen atoms in total. The van der Waals surface area contributed by atoms with E-state index in [2.05, 4.69) is 9.47 Å². The molecule has 6 rings (SSSR count). The maximum absolute atomic E-state index is 15.4. The number of alkyl halides is 2. The first kappa shape index (κ1) is 30.7. The zero-order chi connectivity index (χ0) is 31.8. The van der Waals surface area contributed by atoms with E-state index in [-0.39, 0.29) is 30.2 Å². The molecule has 1 unspecified atom stereocenters. The molecule has 1 saturated heterocycles. The molecular weight excluding hydrogens is 626 g/mol. The van der Waals surface area contributed by atoms with Gasteiger partial charge in [0.15, 0.2) is 17.3 Å². The topological polar surface area (TPSA) is 109 Å². The summed E-state index contributed by atoms with van der Waals surface area (Å²) in [4.78, 5) is 40.8. The molecule has 1 fully saturated rings. The van der Waals surface area contributed by atoms with E-state index in [0.717, 1.165) is 24.1 Å². The van der Waals surface area contributed by atoms with Gasteiger partial charge in [0.1, 0.15) is 6.17 Å². The second-order valence-electron chi connectivity index (χ2n) is 10.1. The normalized spacial score (nSPS) is 20.5. The number of nitrogens with zero attached hydrogens (tertiary/aromatic N) is 3. The molecule has 0 N–H and O–H groups in total. The number of morpholine rings is 1. The van der Waals surface area contributed by atoms with E-state index in [9.17, 15) is 27.6 Å². The number of carbonyl (C=O) groups is 2. The molecule has 1 amide bonds. The van der Waals surface area contributed by atoms with Crippen molar-refractivity contribution in [3.63, 3.8) is 0 Å². The number of hydrogen-bond acceptors (Lipinski definition) is 10. The first-order valence-electron chi connectivity index (χ1n) is 13.6. The highest BCUT2D eigenvalue weighted by Gasteiger charge is 2.48. The summed E-state index contributed by atoms with van der Waals surface area (Å²) in [6, 6.07) is 9.99. The van der Waals surface area contributed by atoms with Crippen LogP contribution in [-0.4, -0.2) is 74.2 Å². The number of thioether (sulfide) groups is 1. The number of ether oxygens (including phenoxy) is 5. The zero-order valence-corrected chi connectivity index (χ0v) is 24.3. The number of fused-ring (bicyclic) bond motifs is 4. The van der Waals surface area contributed by atoms with Crippen molar-refractivity contribution in [3.05, 3.63) is 92.9 Å². The van der Waals surface area contributed by atoms with Gasteiger partial charge < -0.3 is 28.6 Å². The van der Waals surface area contributed by atoms with Crippen LogP contribution in [-0.2, 0) is 24.7 Å². The van der Waals surface area contributed by atoms with Gasteiger partial charge in [-0.2, -0.15) is 8.78 Å². The van der Waals surface area contributed by atoms with Crippen LogP contribution >= 0.6 is 11.8 Å². The van der Waals surface area contributed by atoms with Crippen molar-refractivity contribution in [2.45, 2.75) is 35.6 Å². The van der Waals surface area contributed by atoms with Crippen LogP contribution in [0.15, 0.2) is 58.4 Å². The summed E-state index contributed by atoms with van der Waals surface area (Å²) in [6.45, 7) is -4.79. The van der Waals surface area contributed by atoms with E-state index in [1.165, 1.54) is 33.6 Å². The van der Waals surface area contributed by atoms with Gasteiger partial charge in [-0.25, -0.2) is 13.6 Å². The van der Waals surface area contributed by atoms with Crippen molar-refractivity contribution in [2.24, 2.45) is 0 Å². The summed E-state index contributed by atoms with van der Waals surface area (Å²) in [5, 5.41) is 1.68. The highest BCUT2D eigenvalue weighted by Crippen LogP contribution is 2.45. The van der Waals surface area contributed by atoms with Crippen LogP contribution in [0.2, 0.25) is 0 Å². The summed E-state index contributed by atoms with van der Waals surface area (Å²) in [5.41, 5.74) is 0.185. The summed E-state index contributed by atoms with van der Waals surface area (Å²) in [6.07, 6.45) is -1.63.